The van der Waals surface area contributed by atoms with Crippen LogP contribution in [0.5, 0.6) is 0 Å². The van der Waals surface area contributed by atoms with Gasteiger partial charge in [-0.1, -0.05) is 13.8 Å². The Balaban J connectivity index is 2.22. The molecule has 4 nitrogen and oxygen atoms in total. The molecule has 18 heavy (non-hydrogen) atoms. The lowest BCUT2D eigenvalue weighted by Gasteiger charge is -2.15. The van der Waals surface area contributed by atoms with E-state index in [-0.39, 0.29) is 23.9 Å². The molecule has 1 saturated heterocycles. The second-order valence-corrected chi connectivity index (χ2v) is 6.55. The average molecular weight is 292 g/mol. The van der Waals surface area contributed by atoms with Crippen molar-refractivity contribution >= 4 is 35.5 Å². The number of carbonyl (C=O) groups excluding carboxylic acids is 2. The van der Waals surface area contributed by atoms with Crippen molar-refractivity contribution in [2.45, 2.75) is 32.1 Å². The molecular formula is C12H20O4S2. The Labute approximate surface area is 117 Å². The van der Waals surface area contributed by atoms with E-state index in [1.165, 1.54) is 0 Å². The minimum Gasteiger partial charge on any atom is -0.453 e. The van der Waals surface area contributed by atoms with Gasteiger partial charge in [0.2, 0.25) is 0 Å². The van der Waals surface area contributed by atoms with Crippen molar-refractivity contribution in [1.29, 1.82) is 0 Å². The highest BCUT2D eigenvalue weighted by atomic mass is 32.2. The first-order valence-electron chi connectivity index (χ1n) is 6.19. The summed E-state index contributed by atoms with van der Waals surface area (Å²) >= 11 is 3.45. The summed E-state index contributed by atoms with van der Waals surface area (Å²) in [5.41, 5.74) is -0.104. The number of ether oxygens (including phenoxy) is 2. The molecule has 0 aromatic rings. The summed E-state index contributed by atoms with van der Waals surface area (Å²) in [5.74, 6) is 1.99. The zero-order valence-corrected chi connectivity index (χ0v) is 12.5. The van der Waals surface area contributed by atoms with Gasteiger partial charge in [-0.3, -0.25) is 4.79 Å². The molecule has 2 unspecified atom stereocenters. The Morgan fingerprint density at radius 1 is 1.39 bits per heavy atom. The molecule has 0 aromatic carbocycles. The third-order valence-electron chi connectivity index (χ3n) is 2.60. The Morgan fingerprint density at radius 3 is 2.89 bits per heavy atom. The molecule has 0 spiro atoms. The van der Waals surface area contributed by atoms with E-state index >= 15 is 0 Å². The van der Waals surface area contributed by atoms with E-state index in [2.05, 4.69) is 0 Å². The zero-order chi connectivity index (χ0) is 13.4. The highest BCUT2D eigenvalue weighted by molar-refractivity contribution is 8.03. The van der Waals surface area contributed by atoms with Crippen LogP contribution >= 0.6 is 23.5 Å². The summed E-state index contributed by atoms with van der Waals surface area (Å²) in [7, 11) is 0. The van der Waals surface area contributed by atoms with Crippen LogP contribution in [0.2, 0.25) is 0 Å². The van der Waals surface area contributed by atoms with Crippen molar-refractivity contribution in [2.75, 3.05) is 23.9 Å². The molecule has 0 radical (unpaired) electrons. The maximum Gasteiger partial charge on any atom is 0.345 e. The van der Waals surface area contributed by atoms with Crippen LogP contribution in [0.4, 0.5) is 0 Å². The third kappa shape index (κ3) is 6.00. The first-order chi connectivity index (χ1) is 8.63. The lowest BCUT2D eigenvalue weighted by molar-refractivity contribution is -0.161. The van der Waals surface area contributed by atoms with Crippen LogP contribution in [-0.4, -0.2) is 41.2 Å². The summed E-state index contributed by atoms with van der Waals surface area (Å²) in [4.78, 5) is 22.9. The van der Waals surface area contributed by atoms with Gasteiger partial charge in [0.05, 0.1) is 5.92 Å². The Hall–Kier alpha value is -0.360. The Bertz CT molecular complexity index is 275. The number of esters is 2. The van der Waals surface area contributed by atoms with E-state index in [9.17, 15) is 9.59 Å². The number of hydrogen-bond donors (Lipinski definition) is 0. The molecule has 2 atom stereocenters. The predicted molar refractivity (Wildman–Crippen MR) is 74.7 cm³/mol. The first kappa shape index (κ1) is 15.7. The van der Waals surface area contributed by atoms with Crippen molar-refractivity contribution < 1.29 is 19.1 Å². The van der Waals surface area contributed by atoms with Crippen molar-refractivity contribution in [3.8, 4) is 0 Å². The van der Waals surface area contributed by atoms with Crippen molar-refractivity contribution in [3.63, 3.8) is 0 Å². The summed E-state index contributed by atoms with van der Waals surface area (Å²) in [6.07, 6.45) is 1.86. The van der Waals surface area contributed by atoms with E-state index < -0.39 is 5.97 Å². The van der Waals surface area contributed by atoms with Gasteiger partial charge in [0.1, 0.15) is 0 Å². The molecule has 1 heterocycles. The fraction of sp³-hybridized carbons (Fsp3) is 0.833. The smallest absolute Gasteiger partial charge is 0.345 e. The quantitative estimate of drug-likeness (QED) is 0.725. The van der Waals surface area contributed by atoms with Gasteiger partial charge in [0, 0.05) is 5.75 Å². The minimum absolute atomic E-state index is 0.104. The molecule has 1 aliphatic heterocycles. The van der Waals surface area contributed by atoms with E-state index in [4.69, 9.17) is 9.47 Å². The number of hydrogen-bond acceptors (Lipinski definition) is 6. The van der Waals surface area contributed by atoms with Gasteiger partial charge in [0.25, 0.3) is 0 Å². The maximum absolute atomic E-state index is 11.5. The highest BCUT2D eigenvalue weighted by Gasteiger charge is 2.19. The van der Waals surface area contributed by atoms with Crippen LogP contribution in [0.3, 0.4) is 0 Å². The summed E-state index contributed by atoms with van der Waals surface area (Å²) in [6, 6.07) is 0. The summed E-state index contributed by atoms with van der Waals surface area (Å²) in [5, 5.41) is 0. The molecule has 104 valence electrons. The topological polar surface area (TPSA) is 52.6 Å². The molecule has 1 aliphatic rings. The van der Waals surface area contributed by atoms with E-state index in [0.717, 1.165) is 23.7 Å². The molecule has 0 amide bonds. The predicted octanol–water partition coefficient (Wildman–Crippen LogP) is 2.32. The van der Waals surface area contributed by atoms with Gasteiger partial charge in [0.15, 0.2) is 12.0 Å². The standard InChI is InChI=1S/C12H20O4S2/c1-3-9(2)12(14)15-7-10(13)16-11-8-17-5-4-6-18-11/h9,11H,3-8H2,1-2H3. The molecule has 0 bridgehead atoms. The molecule has 0 aliphatic carbocycles. The minimum atomic E-state index is -0.452. The SMILES string of the molecule is CCC(C)C(=O)OCC(=O)OC1CSCCCS1. The van der Waals surface area contributed by atoms with E-state index in [0.29, 0.717) is 6.42 Å². The first-order valence-corrected chi connectivity index (χ1v) is 8.39. The van der Waals surface area contributed by atoms with Crippen LogP contribution in [0, 0.1) is 5.92 Å². The molecule has 0 aromatic heterocycles. The lowest BCUT2D eigenvalue weighted by Crippen LogP contribution is -2.24. The van der Waals surface area contributed by atoms with E-state index in [1.54, 1.807) is 30.4 Å². The molecule has 1 rings (SSSR count). The molecule has 0 N–H and O–H groups in total. The maximum atomic E-state index is 11.5. The lowest BCUT2D eigenvalue weighted by atomic mass is 10.1. The van der Waals surface area contributed by atoms with Crippen LogP contribution < -0.4 is 0 Å². The zero-order valence-electron chi connectivity index (χ0n) is 10.8. The fourth-order valence-corrected chi connectivity index (χ4v) is 3.67. The second kappa shape index (κ2) is 8.69. The molecule has 0 saturated carbocycles. The fourth-order valence-electron chi connectivity index (χ4n) is 1.29. The van der Waals surface area contributed by atoms with Crippen LogP contribution in [0.1, 0.15) is 26.7 Å². The van der Waals surface area contributed by atoms with Crippen LogP contribution in [-0.2, 0) is 19.1 Å². The molecule has 1 fully saturated rings. The largest absolute Gasteiger partial charge is 0.453 e. The van der Waals surface area contributed by atoms with Crippen LogP contribution in [0.25, 0.3) is 0 Å². The summed E-state index contributed by atoms with van der Waals surface area (Å²) in [6.45, 7) is 3.42. The molecular weight excluding hydrogens is 272 g/mol. The monoisotopic (exact) mass is 292 g/mol. The Morgan fingerprint density at radius 2 is 2.17 bits per heavy atom. The highest BCUT2D eigenvalue weighted by Crippen LogP contribution is 2.24. The third-order valence-corrected chi connectivity index (χ3v) is 5.09. The number of rotatable bonds is 5. The number of thioether (sulfide) groups is 2. The van der Waals surface area contributed by atoms with Crippen molar-refractivity contribution in [3.05, 3.63) is 0 Å². The van der Waals surface area contributed by atoms with Crippen LogP contribution in [0.15, 0.2) is 0 Å². The van der Waals surface area contributed by atoms with Crippen molar-refractivity contribution in [1.82, 2.24) is 0 Å². The second-order valence-electron chi connectivity index (χ2n) is 4.14. The van der Waals surface area contributed by atoms with Gasteiger partial charge >= 0.3 is 11.9 Å². The van der Waals surface area contributed by atoms with E-state index in [1.807, 2.05) is 6.92 Å². The van der Waals surface area contributed by atoms with Gasteiger partial charge < -0.3 is 9.47 Å². The van der Waals surface area contributed by atoms with Gasteiger partial charge in [-0.05, 0) is 24.3 Å². The normalized spacial score (nSPS) is 21.8. The van der Waals surface area contributed by atoms with Gasteiger partial charge in [-0.2, -0.15) is 11.8 Å². The van der Waals surface area contributed by atoms with Gasteiger partial charge in [-0.25, -0.2) is 4.79 Å². The number of carbonyl (C=O) groups is 2. The molecule has 6 heteroatoms. The van der Waals surface area contributed by atoms with Crippen molar-refractivity contribution in [2.24, 2.45) is 5.92 Å². The Kier molecular flexibility index (Phi) is 7.58. The van der Waals surface area contributed by atoms with Gasteiger partial charge in [-0.15, -0.1) is 11.8 Å². The average Bonchev–Trinajstić information content (AvgIpc) is 2.63. The summed E-state index contributed by atoms with van der Waals surface area (Å²) < 4.78 is 10.2.